The Morgan fingerprint density at radius 2 is 1.91 bits per heavy atom. The number of halogens is 1. The van der Waals surface area contributed by atoms with Crippen LogP contribution in [0.4, 0.5) is 10.5 Å². The molecule has 33 heavy (non-hydrogen) atoms. The summed E-state index contributed by atoms with van der Waals surface area (Å²) in [6, 6.07) is 11.6. The van der Waals surface area contributed by atoms with Gasteiger partial charge in [-0.2, -0.15) is 0 Å². The number of ether oxygens (including phenoxy) is 1. The summed E-state index contributed by atoms with van der Waals surface area (Å²) in [6.45, 7) is 5.45. The van der Waals surface area contributed by atoms with Gasteiger partial charge in [-0.05, 0) is 62.6 Å². The van der Waals surface area contributed by atoms with Gasteiger partial charge in [0.1, 0.15) is 0 Å². The Morgan fingerprint density at radius 3 is 2.64 bits per heavy atom. The van der Waals surface area contributed by atoms with E-state index in [2.05, 4.69) is 12.2 Å². The van der Waals surface area contributed by atoms with Gasteiger partial charge < -0.3 is 15.0 Å². The zero-order chi connectivity index (χ0) is 23.4. The predicted molar refractivity (Wildman–Crippen MR) is 132 cm³/mol. The van der Waals surface area contributed by atoms with Crippen LogP contribution in [-0.4, -0.2) is 48.4 Å². The van der Waals surface area contributed by atoms with Crippen molar-refractivity contribution in [1.29, 1.82) is 0 Å². The number of aliphatic imine (C=N–C) groups is 1. The molecule has 0 spiro atoms. The van der Waals surface area contributed by atoms with Crippen molar-refractivity contribution in [3.05, 3.63) is 52.5 Å². The molecule has 0 aromatic heterocycles. The number of carbonyl (C=O) groups is 2. The first-order chi connectivity index (χ1) is 16.0. The number of rotatable bonds is 5. The van der Waals surface area contributed by atoms with Crippen molar-refractivity contribution in [1.82, 2.24) is 10.2 Å². The number of amides is 2. The van der Waals surface area contributed by atoms with Crippen molar-refractivity contribution in [3.63, 3.8) is 0 Å². The maximum atomic E-state index is 13.0. The quantitative estimate of drug-likeness (QED) is 0.557. The molecule has 2 heterocycles. The van der Waals surface area contributed by atoms with Gasteiger partial charge in [-0.1, -0.05) is 36.7 Å². The summed E-state index contributed by atoms with van der Waals surface area (Å²) >= 11 is 7.91. The molecule has 2 aliphatic heterocycles. The summed E-state index contributed by atoms with van der Waals surface area (Å²) in [4.78, 5) is 33.6. The van der Waals surface area contributed by atoms with Crippen LogP contribution >= 0.6 is 23.4 Å². The Kier molecular flexibility index (Phi) is 7.60. The number of benzene rings is 2. The van der Waals surface area contributed by atoms with E-state index < -0.39 is 0 Å². The van der Waals surface area contributed by atoms with Crippen LogP contribution in [0.3, 0.4) is 0 Å². The van der Waals surface area contributed by atoms with Gasteiger partial charge in [0.05, 0.1) is 12.3 Å². The van der Waals surface area contributed by atoms with Gasteiger partial charge in [-0.15, -0.1) is 0 Å². The first-order valence-corrected chi connectivity index (χ1v) is 12.6. The summed E-state index contributed by atoms with van der Waals surface area (Å²) in [5.74, 6) is -0.116. The fourth-order valence-electron chi connectivity index (χ4n) is 4.09. The lowest BCUT2D eigenvalue weighted by molar-refractivity contribution is 0.0860. The van der Waals surface area contributed by atoms with Crippen LogP contribution < -0.4 is 5.32 Å². The molecule has 2 aliphatic rings. The average Bonchev–Trinajstić information content (AvgIpc) is 2.96. The second-order valence-corrected chi connectivity index (χ2v) is 9.69. The van der Waals surface area contributed by atoms with Gasteiger partial charge in [0.2, 0.25) is 0 Å². The van der Waals surface area contributed by atoms with Crippen LogP contribution in [0.5, 0.6) is 0 Å². The van der Waals surface area contributed by atoms with Crippen LogP contribution in [0.1, 0.15) is 55.5 Å². The van der Waals surface area contributed by atoms with E-state index >= 15 is 0 Å². The molecule has 4 rings (SSSR count). The topological polar surface area (TPSA) is 71.0 Å². The molecule has 1 saturated heterocycles. The molecule has 0 bridgehead atoms. The van der Waals surface area contributed by atoms with Gasteiger partial charge >= 0.3 is 6.09 Å². The molecule has 2 amide bonds. The number of carbonyl (C=O) groups excluding carboxylic acids is 2. The second kappa shape index (κ2) is 10.6. The molecule has 6 nitrogen and oxygen atoms in total. The molecule has 174 valence electrons. The van der Waals surface area contributed by atoms with Crippen molar-refractivity contribution in [2.75, 3.05) is 19.7 Å². The first kappa shape index (κ1) is 23.6. The summed E-state index contributed by atoms with van der Waals surface area (Å²) in [7, 11) is 0. The van der Waals surface area contributed by atoms with E-state index in [4.69, 9.17) is 21.3 Å². The van der Waals surface area contributed by atoms with E-state index in [1.54, 1.807) is 23.6 Å². The third-order valence-corrected chi connectivity index (χ3v) is 7.17. The van der Waals surface area contributed by atoms with E-state index in [1.807, 2.05) is 36.4 Å². The van der Waals surface area contributed by atoms with Crippen LogP contribution in [0.2, 0.25) is 5.02 Å². The lowest BCUT2D eigenvalue weighted by Crippen LogP contribution is -2.46. The smallest absolute Gasteiger partial charge is 0.409 e. The van der Waals surface area contributed by atoms with E-state index in [-0.39, 0.29) is 18.0 Å². The molecular formula is C25H28ClN3O3S. The Morgan fingerprint density at radius 1 is 1.15 bits per heavy atom. The number of fused-ring (bicyclic) bond motifs is 2. The predicted octanol–water partition coefficient (Wildman–Crippen LogP) is 6.08. The number of hydrogen-bond acceptors (Lipinski definition) is 5. The molecule has 0 atom stereocenters. The standard InChI is InChI=1S/C25H28ClN3O3S/c1-3-5-20-19-15-17(26)7-9-22(19)33-23-8-6-16(14-21(23)28-20)24(30)27-18-10-12-29(13-11-18)25(31)32-4-2/h6-9,14-15,18H,3-5,10-13H2,1-2H3,(H,27,30). The minimum Gasteiger partial charge on any atom is -0.450 e. The lowest BCUT2D eigenvalue weighted by Gasteiger charge is -2.31. The third kappa shape index (κ3) is 5.53. The summed E-state index contributed by atoms with van der Waals surface area (Å²) in [5, 5.41) is 3.81. The molecule has 2 aromatic rings. The van der Waals surface area contributed by atoms with Crippen molar-refractivity contribution in [3.8, 4) is 0 Å². The van der Waals surface area contributed by atoms with Gasteiger partial charge in [0.15, 0.2) is 0 Å². The second-order valence-electron chi connectivity index (χ2n) is 8.17. The molecule has 0 saturated carbocycles. The molecule has 1 N–H and O–H groups in total. The number of nitrogens with zero attached hydrogens (tertiary/aromatic N) is 2. The fourth-order valence-corrected chi connectivity index (χ4v) is 5.27. The van der Waals surface area contributed by atoms with Gasteiger partial charge in [-0.25, -0.2) is 4.79 Å². The third-order valence-electron chi connectivity index (χ3n) is 5.79. The molecule has 0 aliphatic carbocycles. The minimum absolute atomic E-state index is 0.0295. The zero-order valence-electron chi connectivity index (χ0n) is 18.9. The maximum absolute atomic E-state index is 13.0. The van der Waals surface area contributed by atoms with Crippen LogP contribution in [-0.2, 0) is 4.74 Å². The highest BCUT2D eigenvalue weighted by Crippen LogP contribution is 2.42. The van der Waals surface area contributed by atoms with Crippen molar-refractivity contribution in [2.24, 2.45) is 4.99 Å². The summed E-state index contributed by atoms with van der Waals surface area (Å²) in [5.41, 5.74) is 3.45. The molecular weight excluding hydrogens is 458 g/mol. The lowest BCUT2D eigenvalue weighted by atomic mass is 10.0. The SMILES string of the molecule is CCCC1=Nc2cc(C(=O)NC3CCN(C(=O)OCC)CC3)ccc2Sc2ccc(Cl)cc21. The highest BCUT2D eigenvalue weighted by molar-refractivity contribution is 7.99. The summed E-state index contributed by atoms with van der Waals surface area (Å²) < 4.78 is 5.06. The fraction of sp³-hybridized carbons (Fsp3) is 0.400. The summed E-state index contributed by atoms with van der Waals surface area (Å²) in [6.07, 6.45) is 2.94. The van der Waals surface area contributed by atoms with E-state index in [9.17, 15) is 9.59 Å². The van der Waals surface area contributed by atoms with E-state index in [1.165, 1.54) is 0 Å². The normalized spacial score (nSPS) is 15.7. The van der Waals surface area contributed by atoms with Crippen molar-refractivity contribution in [2.45, 2.75) is 55.4 Å². The maximum Gasteiger partial charge on any atom is 0.409 e. The number of piperidine rings is 1. The number of nitrogens with one attached hydrogen (secondary N) is 1. The Bertz CT molecular complexity index is 1080. The van der Waals surface area contributed by atoms with Gasteiger partial charge in [0, 0.05) is 50.8 Å². The van der Waals surface area contributed by atoms with Crippen molar-refractivity contribution >= 4 is 46.8 Å². The molecule has 1 fully saturated rings. The van der Waals surface area contributed by atoms with Gasteiger partial charge in [-0.3, -0.25) is 9.79 Å². The average molecular weight is 486 g/mol. The molecule has 0 unspecified atom stereocenters. The minimum atomic E-state index is -0.284. The van der Waals surface area contributed by atoms with E-state index in [0.29, 0.717) is 43.1 Å². The number of hydrogen-bond donors (Lipinski definition) is 1. The van der Waals surface area contributed by atoms with Gasteiger partial charge in [0.25, 0.3) is 5.91 Å². The Labute approximate surface area is 203 Å². The highest BCUT2D eigenvalue weighted by atomic mass is 35.5. The van der Waals surface area contributed by atoms with Crippen LogP contribution in [0.25, 0.3) is 0 Å². The van der Waals surface area contributed by atoms with Crippen molar-refractivity contribution < 1.29 is 14.3 Å². The molecule has 0 radical (unpaired) electrons. The highest BCUT2D eigenvalue weighted by Gasteiger charge is 2.25. The van der Waals surface area contributed by atoms with E-state index in [0.717, 1.165) is 39.6 Å². The largest absolute Gasteiger partial charge is 0.450 e. The molecule has 8 heteroatoms. The van der Waals surface area contributed by atoms with Crippen LogP contribution in [0.15, 0.2) is 51.2 Å². The van der Waals surface area contributed by atoms with Crippen LogP contribution in [0, 0.1) is 0 Å². The Balaban J connectivity index is 1.49. The number of likely N-dealkylation sites (tertiary alicyclic amines) is 1. The Hall–Kier alpha value is -2.51. The molecule has 2 aromatic carbocycles. The zero-order valence-corrected chi connectivity index (χ0v) is 20.5. The first-order valence-electron chi connectivity index (χ1n) is 11.4. The monoisotopic (exact) mass is 485 g/mol.